The maximum absolute atomic E-state index is 6.69. The van der Waals surface area contributed by atoms with Crippen molar-refractivity contribution in [3.8, 4) is 28.3 Å². The van der Waals surface area contributed by atoms with Gasteiger partial charge in [-0.25, -0.2) is 4.98 Å². The van der Waals surface area contributed by atoms with Crippen molar-refractivity contribution in [1.82, 2.24) is 9.55 Å². The Morgan fingerprint density at radius 1 is 0.500 bits per heavy atom. The van der Waals surface area contributed by atoms with Gasteiger partial charge < -0.3 is 13.9 Å². The van der Waals surface area contributed by atoms with Crippen molar-refractivity contribution < 1.29 is 4.42 Å². The van der Waals surface area contributed by atoms with Gasteiger partial charge in [-0.05, 0) is 83.1 Å². The van der Waals surface area contributed by atoms with Gasteiger partial charge in [0.2, 0.25) is 5.89 Å². The van der Waals surface area contributed by atoms with Gasteiger partial charge in [-0.1, -0.05) is 133 Å². The predicted molar refractivity (Wildman–Crippen MR) is 244 cm³/mol. The second kappa shape index (κ2) is 13.1. The summed E-state index contributed by atoms with van der Waals surface area (Å²) in [6.07, 6.45) is 0. The van der Waals surface area contributed by atoms with Crippen molar-refractivity contribution in [1.29, 1.82) is 0 Å². The predicted octanol–water partition coefficient (Wildman–Crippen LogP) is 15.2. The smallest absolute Gasteiger partial charge is 0.227 e. The molecule has 0 saturated heterocycles. The molecule has 0 aliphatic rings. The Morgan fingerprint density at radius 2 is 1.21 bits per heavy atom. The van der Waals surface area contributed by atoms with E-state index in [4.69, 9.17) is 9.40 Å². The minimum atomic E-state index is 0.600. The summed E-state index contributed by atoms with van der Waals surface area (Å²) in [5, 5.41) is 7.45. The van der Waals surface area contributed by atoms with Crippen LogP contribution in [0.5, 0.6) is 0 Å². The number of hydrogen-bond donors (Lipinski definition) is 0. The van der Waals surface area contributed by atoms with E-state index in [1.807, 2.05) is 47.7 Å². The van der Waals surface area contributed by atoms with Crippen molar-refractivity contribution in [2.24, 2.45) is 0 Å². The average molecular weight is 760 g/mol. The summed E-state index contributed by atoms with van der Waals surface area (Å²) in [5.74, 6) is 0.600. The topological polar surface area (TPSA) is 34.2 Å². The molecule has 0 spiro atoms. The lowest BCUT2D eigenvalue weighted by Crippen LogP contribution is -2.11. The van der Waals surface area contributed by atoms with Crippen molar-refractivity contribution in [3.63, 3.8) is 0 Å². The highest BCUT2D eigenvalue weighted by molar-refractivity contribution is 7.26. The van der Waals surface area contributed by atoms with Crippen LogP contribution in [0.4, 0.5) is 17.1 Å². The van der Waals surface area contributed by atoms with Gasteiger partial charge in [-0.3, -0.25) is 0 Å². The first-order valence-corrected chi connectivity index (χ1v) is 20.4. The van der Waals surface area contributed by atoms with E-state index in [9.17, 15) is 0 Å². The van der Waals surface area contributed by atoms with Crippen LogP contribution >= 0.6 is 11.3 Å². The molecule has 0 N–H and O–H groups in total. The fourth-order valence-electron chi connectivity index (χ4n) is 8.85. The number of thiophene rings is 1. The number of fused-ring (bicyclic) bond motifs is 9. The third-order valence-electron chi connectivity index (χ3n) is 11.4. The van der Waals surface area contributed by atoms with E-state index in [1.54, 1.807) is 0 Å². The maximum atomic E-state index is 6.69. The standard InChI is InChI=1S/C53H33N3OS/c1-3-15-34(16-4-1)38-19-7-10-24-44(38)55(47-26-14-23-43-51(47)57-53(54-43)35-17-5-2-6-18-35)37-30-31-39-36(33-37)29-32-46-50(39)42-21-8-11-25-45(42)56(46)48-27-13-22-41-40-20-9-12-28-49(40)58-52(41)48/h1-33H. The fraction of sp³-hybridized carbons (Fsp3) is 0. The molecule has 12 aromatic rings. The molecule has 5 heteroatoms. The first-order valence-electron chi connectivity index (χ1n) is 19.5. The van der Waals surface area contributed by atoms with Gasteiger partial charge in [0.15, 0.2) is 5.58 Å². The highest BCUT2D eigenvalue weighted by Crippen LogP contribution is 2.47. The summed E-state index contributed by atoms with van der Waals surface area (Å²) in [5.41, 5.74) is 11.3. The molecule has 0 unspecified atom stereocenters. The van der Waals surface area contributed by atoms with E-state index in [-0.39, 0.29) is 0 Å². The van der Waals surface area contributed by atoms with E-state index in [2.05, 4.69) is 173 Å². The minimum Gasteiger partial charge on any atom is -0.434 e. The van der Waals surface area contributed by atoms with E-state index in [0.29, 0.717) is 5.89 Å². The van der Waals surface area contributed by atoms with Crippen molar-refractivity contribution in [3.05, 3.63) is 200 Å². The Bertz CT molecular complexity index is 3530. The van der Waals surface area contributed by atoms with E-state index in [0.717, 1.165) is 50.2 Å². The summed E-state index contributed by atoms with van der Waals surface area (Å²) >= 11 is 1.87. The molecule has 0 amide bonds. The number of oxazole rings is 1. The molecule has 0 radical (unpaired) electrons. The maximum Gasteiger partial charge on any atom is 0.227 e. The summed E-state index contributed by atoms with van der Waals surface area (Å²) in [6, 6.07) is 71.3. The molecule has 12 rings (SSSR count). The molecule has 0 aliphatic carbocycles. The molecule has 4 nitrogen and oxygen atoms in total. The number of hydrogen-bond acceptors (Lipinski definition) is 4. The summed E-state index contributed by atoms with van der Waals surface area (Å²) in [4.78, 5) is 7.30. The number of rotatable bonds is 6. The first kappa shape index (κ1) is 32.7. The molecule has 9 aromatic carbocycles. The number of aromatic nitrogens is 2. The van der Waals surface area contributed by atoms with Crippen molar-refractivity contribution >= 4 is 92.2 Å². The van der Waals surface area contributed by atoms with Crippen LogP contribution in [0.15, 0.2) is 205 Å². The Kier molecular flexibility index (Phi) is 7.37. The van der Waals surface area contributed by atoms with Crippen LogP contribution in [0.1, 0.15) is 0 Å². The monoisotopic (exact) mass is 759 g/mol. The number of para-hydroxylation sites is 3. The third-order valence-corrected chi connectivity index (χ3v) is 12.6. The molecule has 58 heavy (non-hydrogen) atoms. The lowest BCUT2D eigenvalue weighted by atomic mass is 10.00. The highest BCUT2D eigenvalue weighted by Gasteiger charge is 2.24. The summed E-state index contributed by atoms with van der Waals surface area (Å²) < 4.78 is 11.8. The van der Waals surface area contributed by atoms with Gasteiger partial charge in [0.1, 0.15) is 5.52 Å². The molecule has 0 bridgehead atoms. The zero-order valence-electron chi connectivity index (χ0n) is 31.2. The molecule has 0 fully saturated rings. The molecule has 0 atom stereocenters. The van der Waals surface area contributed by atoms with Gasteiger partial charge in [0, 0.05) is 43.1 Å². The van der Waals surface area contributed by atoms with Gasteiger partial charge >= 0.3 is 0 Å². The lowest BCUT2D eigenvalue weighted by molar-refractivity contribution is 0.620. The zero-order chi connectivity index (χ0) is 38.2. The Morgan fingerprint density at radius 3 is 2.09 bits per heavy atom. The molecule has 3 aromatic heterocycles. The first-order chi connectivity index (χ1) is 28.8. The second-order valence-electron chi connectivity index (χ2n) is 14.7. The van der Waals surface area contributed by atoms with Crippen molar-refractivity contribution in [2.75, 3.05) is 4.90 Å². The molecular formula is C53H33N3OS. The third kappa shape index (κ3) is 5.04. The normalized spacial score (nSPS) is 11.8. The number of anilines is 3. The van der Waals surface area contributed by atoms with Gasteiger partial charge in [0.25, 0.3) is 0 Å². The molecule has 0 aliphatic heterocycles. The number of benzene rings is 9. The fourth-order valence-corrected chi connectivity index (χ4v) is 10.1. The zero-order valence-corrected chi connectivity index (χ0v) is 32.0. The largest absolute Gasteiger partial charge is 0.434 e. The summed E-state index contributed by atoms with van der Waals surface area (Å²) in [6.45, 7) is 0. The number of nitrogens with zero attached hydrogens (tertiary/aromatic N) is 3. The van der Waals surface area contributed by atoms with E-state index >= 15 is 0 Å². The van der Waals surface area contributed by atoms with Crippen LogP contribution in [0, 0.1) is 0 Å². The van der Waals surface area contributed by atoms with Crippen LogP contribution in [0.2, 0.25) is 0 Å². The Labute approximate surface area is 338 Å². The van der Waals surface area contributed by atoms with Crippen LogP contribution in [0.3, 0.4) is 0 Å². The average Bonchev–Trinajstić information content (AvgIpc) is 4.00. The van der Waals surface area contributed by atoms with Gasteiger partial charge in [-0.15, -0.1) is 11.3 Å². The van der Waals surface area contributed by atoms with Crippen LogP contribution in [0.25, 0.3) is 92.1 Å². The lowest BCUT2D eigenvalue weighted by Gasteiger charge is -2.28. The highest BCUT2D eigenvalue weighted by atomic mass is 32.1. The van der Waals surface area contributed by atoms with Crippen LogP contribution < -0.4 is 4.90 Å². The Hall–Kier alpha value is -7.47. The quantitative estimate of drug-likeness (QED) is 0.169. The molecular weight excluding hydrogens is 727 g/mol. The molecule has 0 saturated carbocycles. The van der Waals surface area contributed by atoms with Gasteiger partial charge in [-0.2, -0.15) is 0 Å². The van der Waals surface area contributed by atoms with E-state index in [1.165, 1.54) is 53.1 Å². The van der Waals surface area contributed by atoms with Gasteiger partial charge in [0.05, 0.1) is 32.8 Å². The van der Waals surface area contributed by atoms with E-state index < -0.39 is 0 Å². The van der Waals surface area contributed by atoms with Crippen LogP contribution in [-0.4, -0.2) is 9.55 Å². The van der Waals surface area contributed by atoms with Crippen molar-refractivity contribution in [2.45, 2.75) is 0 Å². The molecule has 272 valence electrons. The summed E-state index contributed by atoms with van der Waals surface area (Å²) in [7, 11) is 0. The van der Waals surface area contributed by atoms with Crippen LogP contribution in [-0.2, 0) is 0 Å². The minimum absolute atomic E-state index is 0.600. The SMILES string of the molecule is c1ccc(-c2nc3cccc(N(c4ccc5c(ccc6c5c5ccccc5n6-c5cccc6c5sc5ccccc56)c4)c4ccccc4-c4ccccc4)c3o2)cc1. The Balaban J connectivity index is 1.10. The molecule has 3 heterocycles. The second-order valence-corrected chi connectivity index (χ2v) is 15.8.